The van der Waals surface area contributed by atoms with E-state index in [-0.39, 0.29) is 34.7 Å². The summed E-state index contributed by atoms with van der Waals surface area (Å²) in [7, 11) is -3.69. The van der Waals surface area contributed by atoms with Crippen LogP contribution >= 0.6 is 0 Å². The van der Waals surface area contributed by atoms with E-state index in [1.54, 1.807) is 13.8 Å². The van der Waals surface area contributed by atoms with Gasteiger partial charge < -0.3 is 11.1 Å². The number of benzene rings is 1. The van der Waals surface area contributed by atoms with Gasteiger partial charge in [0, 0.05) is 12.5 Å². The molecule has 1 amide bonds. The van der Waals surface area contributed by atoms with Crippen molar-refractivity contribution >= 4 is 21.4 Å². The maximum Gasteiger partial charge on any atom is 0.221 e. The average molecular weight is 288 g/mol. The van der Waals surface area contributed by atoms with Crippen molar-refractivity contribution < 1.29 is 17.6 Å². The molecule has 106 valence electrons. The smallest absolute Gasteiger partial charge is 0.221 e. The first-order valence-electron chi connectivity index (χ1n) is 5.79. The van der Waals surface area contributed by atoms with Gasteiger partial charge in [0.15, 0.2) is 9.84 Å². The molecule has 0 aliphatic rings. The number of carbonyl (C=O) groups is 1. The van der Waals surface area contributed by atoms with Gasteiger partial charge in [0.25, 0.3) is 0 Å². The van der Waals surface area contributed by atoms with E-state index in [9.17, 15) is 17.6 Å². The van der Waals surface area contributed by atoms with Gasteiger partial charge in [-0.05, 0) is 32.0 Å². The minimum atomic E-state index is -3.69. The molecule has 1 aromatic carbocycles. The molecule has 19 heavy (non-hydrogen) atoms. The summed E-state index contributed by atoms with van der Waals surface area (Å²) in [5.74, 6) is -1.50. The number of rotatable bonds is 5. The van der Waals surface area contributed by atoms with Gasteiger partial charge in [0.2, 0.25) is 5.91 Å². The predicted octanol–water partition coefficient (Wildman–Crippen LogP) is 1.10. The Hall–Kier alpha value is -1.63. The molecule has 0 radical (unpaired) electrons. The lowest BCUT2D eigenvalue weighted by atomic mass is 10.3. The second-order valence-corrected chi connectivity index (χ2v) is 6.58. The van der Waals surface area contributed by atoms with Crippen molar-refractivity contribution in [1.82, 2.24) is 5.32 Å². The highest BCUT2D eigenvalue weighted by atomic mass is 32.2. The molecule has 0 heterocycles. The molecule has 0 saturated carbocycles. The average Bonchev–Trinajstić information content (AvgIpc) is 2.29. The molecule has 7 heteroatoms. The highest BCUT2D eigenvalue weighted by Crippen LogP contribution is 2.17. The summed E-state index contributed by atoms with van der Waals surface area (Å²) in [4.78, 5) is 11.2. The lowest BCUT2D eigenvalue weighted by Gasteiger charge is -2.09. The minimum Gasteiger partial charge on any atom is -0.396 e. The molecular formula is C12H17FN2O3S. The minimum absolute atomic E-state index is 0.0517. The van der Waals surface area contributed by atoms with Crippen molar-refractivity contribution in [3.63, 3.8) is 0 Å². The number of nitrogens with one attached hydrogen (secondary N) is 1. The Labute approximate surface area is 111 Å². The first-order valence-corrected chi connectivity index (χ1v) is 7.45. The fourth-order valence-corrected chi connectivity index (χ4v) is 2.69. The van der Waals surface area contributed by atoms with E-state index >= 15 is 0 Å². The second kappa shape index (κ2) is 6.01. The summed E-state index contributed by atoms with van der Waals surface area (Å²) in [5.41, 5.74) is 5.16. The standard InChI is InChI=1S/C12H17FN2O3S/c1-8(2)15-12(16)5-6-19(17,18)9-3-4-11(14)10(13)7-9/h3-4,7-8H,5-6,14H2,1-2H3,(H,15,16). The quantitative estimate of drug-likeness (QED) is 0.794. The maximum atomic E-state index is 13.2. The molecular weight excluding hydrogens is 271 g/mol. The van der Waals surface area contributed by atoms with Crippen LogP contribution in [0.5, 0.6) is 0 Å². The van der Waals surface area contributed by atoms with Crippen LogP contribution in [0.1, 0.15) is 20.3 Å². The topological polar surface area (TPSA) is 89.3 Å². The zero-order valence-corrected chi connectivity index (χ0v) is 11.6. The van der Waals surface area contributed by atoms with Crippen LogP contribution < -0.4 is 11.1 Å². The van der Waals surface area contributed by atoms with Crippen molar-refractivity contribution in [2.24, 2.45) is 0 Å². The van der Waals surface area contributed by atoms with Crippen LogP contribution in [0.3, 0.4) is 0 Å². The van der Waals surface area contributed by atoms with E-state index in [4.69, 9.17) is 5.73 Å². The van der Waals surface area contributed by atoms with Crippen molar-refractivity contribution in [2.45, 2.75) is 31.2 Å². The molecule has 0 bridgehead atoms. The van der Waals surface area contributed by atoms with Crippen molar-refractivity contribution in [1.29, 1.82) is 0 Å². The monoisotopic (exact) mass is 288 g/mol. The molecule has 0 unspecified atom stereocenters. The number of amides is 1. The highest BCUT2D eigenvalue weighted by Gasteiger charge is 2.18. The van der Waals surface area contributed by atoms with Gasteiger partial charge in [-0.15, -0.1) is 0 Å². The first-order chi connectivity index (χ1) is 8.72. The molecule has 0 aliphatic carbocycles. The second-order valence-electron chi connectivity index (χ2n) is 4.47. The molecule has 5 nitrogen and oxygen atoms in total. The molecule has 0 aromatic heterocycles. The Morgan fingerprint density at radius 3 is 2.58 bits per heavy atom. The predicted molar refractivity (Wildman–Crippen MR) is 70.8 cm³/mol. The first kappa shape index (κ1) is 15.4. The normalized spacial score (nSPS) is 11.6. The van der Waals surface area contributed by atoms with E-state index in [0.29, 0.717) is 0 Å². The number of sulfone groups is 1. The van der Waals surface area contributed by atoms with Gasteiger partial charge in [-0.2, -0.15) is 0 Å². The summed E-state index contributed by atoms with van der Waals surface area (Å²) in [6.45, 7) is 3.56. The summed E-state index contributed by atoms with van der Waals surface area (Å²) in [5, 5.41) is 2.59. The van der Waals surface area contributed by atoms with Crippen molar-refractivity contribution in [2.75, 3.05) is 11.5 Å². The summed E-state index contributed by atoms with van der Waals surface area (Å²) >= 11 is 0. The third kappa shape index (κ3) is 4.51. The van der Waals surface area contributed by atoms with E-state index in [0.717, 1.165) is 6.07 Å². The zero-order valence-electron chi connectivity index (χ0n) is 10.8. The fourth-order valence-electron chi connectivity index (χ4n) is 1.44. The van der Waals surface area contributed by atoms with Crippen molar-refractivity contribution in [3.05, 3.63) is 24.0 Å². The Morgan fingerprint density at radius 2 is 2.05 bits per heavy atom. The van der Waals surface area contributed by atoms with Gasteiger partial charge in [-0.3, -0.25) is 4.79 Å². The summed E-state index contributed by atoms with van der Waals surface area (Å²) < 4.78 is 37.0. The Kier molecular flexibility index (Phi) is 4.88. The van der Waals surface area contributed by atoms with Gasteiger partial charge in [0.1, 0.15) is 5.82 Å². The van der Waals surface area contributed by atoms with Crippen LogP contribution in [0.25, 0.3) is 0 Å². The molecule has 0 fully saturated rings. The van der Waals surface area contributed by atoms with Crippen LogP contribution in [-0.2, 0) is 14.6 Å². The Balaban J connectivity index is 2.76. The molecule has 1 rings (SSSR count). The van der Waals surface area contributed by atoms with Gasteiger partial charge in [-0.25, -0.2) is 12.8 Å². The van der Waals surface area contributed by atoms with E-state index in [1.165, 1.54) is 12.1 Å². The fraction of sp³-hybridized carbons (Fsp3) is 0.417. The van der Waals surface area contributed by atoms with Crippen LogP contribution in [0, 0.1) is 5.82 Å². The van der Waals surface area contributed by atoms with Crippen LogP contribution in [0.4, 0.5) is 10.1 Å². The Morgan fingerprint density at radius 1 is 1.42 bits per heavy atom. The van der Waals surface area contributed by atoms with Crippen LogP contribution in [0.2, 0.25) is 0 Å². The third-order valence-electron chi connectivity index (χ3n) is 2.38. The van der Waals surface area contributed by atoms with Crippen LogP contribution in [0.15, 0.2) is 23.1 Å². The number of nitrogen functional groups attached to an aromatic ring is 1. The summed E-state index contributed by atoms with van der Waals surface area (Å²) in [6.07, 6.45) is -0.160. The Bertz CT molecular complexity index is 570. The van der Waals surface area contributed by atoms with E-state index < -0.39 is 15.7 Å². The zero-order chi connectivity index (χ0) is 14.6. The SMILES string of the molecule is CC(C)NC(=O)CCS(=O)(=O)c1ccc(N)c(F)c1. The molecule has 3 N–H and O–H groups in total. The molecule has 0 spiro atoms. The number of anilines is 1. The highest BCUT2D eigenvalue weighted by molar-refractivity contribution is 7.91. The number of carbonyl (C=O) groups excluding carboxylic acids is 1. The third-order valence-corrected chi connectivity index (χ3v) is 4.09. The summed E-state index contributed by atoms with van der Waals surface area (Å²) in [6, 6.07) is 3.24. The van der Waals surface area contributed by atoms with Crippen molar-refractivity contribution in [3.8, 4) is 0 Å². The number of hydrogen-bond acceptors (Lipinski definition) is 4. The molecule has 1 aromatic rings. The molecule has 0 atom stereocenters. The van der Waals surface area contributed by atoms with Gasteiger partial charge in [-0.1, -0.05) is 0 Å². The van der Waals surface area contributed by atoms with Crippen LogP contribution in [-0.4, -0.2) is 26.1 Å². The molecule has 0 saturated heterocycles. The maximum absolute atomic E-state index is 13.2. The van der Waals surface area contributed by atoms with Gasteiger partial charge >= 0.3 is 0 Å². The molecule has 0 aliphatic heterocycles. The van der Waals surface area contributed by atoms with Gasteiger partial charge in [0.05, 0.1) is 16.3 Å². The number of halogens is 1. The van der Waals surface area contributed by atoms with E-state index in [2.05, 4.69) is 5.32 Å². The number of nitrogens with two attached hydrogens (primary N) is 1. The van der Waals surface area contributed by atoms with E-state index in [1.807, 2.05) is 0 Å². The lowest BCUT2D eigenvalue weighted by Crippen LogP contribution is -2.31. The largest absolute Gasteiger partial charge is 0.396 e. The lowest BCUT2D eigenvalue weighted by molar-refractivity contribution is -0.121. The number of hydrogen-bond donors (Lipinski definition) is 2.